The van der Waals surface area contributed by atoms with E-state index in [0.29, 0.717) is 0 Å². The van der Waals surface area contributed by atoms with Crippen LogP contribution in [0.5, 0.6) is 0 Å². The maximum atomic E-state index is 4.89. The molecule has 0 unspecified atom stereocenters. The molecule has 0 aliphatic carbocycles. The molecule has 2 rings (SSSR count). The fraction of sp³-hybridized carbons (Fsp3) is 0.0667. The Bertz CT molecular complexity index is 535. The quantitative estimate of drug-likeness (QED) is 0.272. The number of hydrogen-bond donors (Lipinski definition) is 0. The molecule has 0 saturated carbocycles. The average Bonchev–Trinajstić information content (AvgIpc) is 2.45. The summed E-state index contributed by atoms with van der Waals surface area (Å²) in [5.74, 6) is 0. The molecule has 0 fully saturated rings. The molecule has 0 amide bonds. The molecule has 0 aromatic heterocycles. The van der Waals surface area contributed by atoms with Crippen LogP contribution >= 0.6 is 0 Å². The second kappa shape index (κ2) is 6.67. The van der Waals surface area contributed by atoms with E-state index in [9.17, 15) is 0 Å². The van der Waals surface area contributed by atoms with Crippen LogP contribution in [0.2, 0.25) is 0 Å². The van der Waals surface area contributed by atoms with E-state index < -0.39 is 0 Å². The third-order valence-corrected chi connectivity index (χ3v) is 3.22. The van der Waals surface area contributed by atoms with Crippen LogP contribution in [0.15, 0.2) is 65.8 Å². The van der Waals surface area contributed by atoms with Crippen molar-refractivity contribution in [1.82, 2.24) is 0 Å². The maximum absolute atomic E-state index is 4.89. The lowest BCUT2D eigenvalue weighted by Crippen LogP contribution is -2.01. The van der Waals surface area contributed by atoms with Crippen LogP contribution in [-0.2, 0) is 16.2 Å². The second-order valence-electron chi connectivity index (χ2n) is 3.59. The van der Waals surface area contributed by atoms with Gasteiger partial charge in [0.2, 0.25) is 16.7 Å². The van der Waals surface area contributed by atoms with Crippen molar-refractivity contribution in [2.24, 2.45) is 5.16 Å². The van der Waals surface area contributed by atoms with Crippen LogP contribution in [-0.4, -0.2) is 17.5 Å². The normalized spacial score (nSPS) is 11.7. The zero-order valence-corrected chi connectivity index (χ0v) is 10.9. The third-order valence-electron chi connectivity index (χ3n) is 2.30. The lowest BCUT2D eigenvalue weighted by molar-refractivity contribution is 0.215. The van der Waals surface area contributed by atoms with Gasteiger partial charge in [-0.15, -0.1) is 0 Å². The van der Waals surface area contributed by atoms with Gasteiger partial charge in [0.15, 0.2) is 0 Å². The van der Waals surface area contributed by atoms with Gasteiger partial charge in [-0.25, -0.2) is 0 Å². The predicted octanol–water partition coefficient (Wildman–Crippen LogP) is 2.93. The van der Waals surface area contributed by atoms with Crippen LogP contribution < -0.4 is 0 Å². The van der Waals surface area contributed by atoms with E-state index in [0.717, 1.165) is 16.2 Å². The van der Waals surface area contributed by atoms with E-state index in [2.05, 4.69) is 22.7 Å². The van der Waals surface area contributed by atoms with E-state index in [1.165, 1.54) is 0 Å². The minimum atomic E-state index is 0.849. The Hall–Kier alpha value is -2.00. The summed E-state index contributed by atoms with van der Waals surface area (Å²) < 4.78 is 0. The molecule has 0 heterocycles. The van der Waals surface area contributed by atoms with Crippen LogP contribution in [0.4, 0.5) is 0 Å². The number of hydrogen-bond acceptors (Lipinski definition) is 2. The number of benzene rings is 2. The van der Waals surface area contributed by atoms with Gasteiger partial charge in [0.05, 0.1) is 5.56 Å². The Labute approximate surface area is 111 Å². The Morgan fingerprint density at radius 2 is 1.61 bits per heavy atom. The minimum absolute atomic E-state index is 0.849. The van der Waals surface area contributed by atoms with Crippen LogP contribution in [0.3, 0.4) is 0 Å². The van der Waals surface area contributed by atoms with Crippen LogP contribution in [0, 0.1) is 0 Å². The lowest BCUT2D eigenvalue weighted by atomic mass is 10.2. The monoisotopic (exact) mass is 256 g/mol. The molecule has 0 aliphatic heterocycles. The molecule has 0 bridgehead atoms. The summed E-state index contributed by atoms with van der Waals surface area (Å²) in [6, 6.07) is 20.2. The predicted molar refractivity (Wildman–Crippen MR) is 79.0 cm³/mol. The van der Waals surface area contributed by atoms with Crippen molar-refractivity contribution in [1.29, 1.82) is 0 Å². The summed E-state index contributed by atoms with van der Waals surface area (Å²) in [5.41, 5.74) is 2.21. The smallest absolute Gasteiger partial charge is 0.362 e. The fourth-order valence-corrected chi connectivity index (χ4v) is 2.26. The van der Waals surface area contributed by atoms with Gasteiger partial charge < -0.3 is 4.84 Å². The van der Waals surface area contributed by atoms with Crippen molar-refractivity contribution in [3.63, 3.8) is 0 Å². The molecule has 2 aromatic rings. The molecular formula is C15H14NOS+. The van der Waals surface area contributed by atoms with Crippen molar-refractivity contribution in [3.8, 4) is 0 Å². The number of oxime groups is 1. The summed E-state index contributed by atoms with van der Waals surface area (Å²) in [6.07, 6.45) is 0. The van der Waals surface area contributed by atoms with E-state index in [1.807, 2.05) is 48.5 Å². The highest BCUT2D eigenvalue weighted by Gasteiger charge is 2.13. The first-order valence-electron chi connectivity index (χ1n) is 5.61. The van der Waals surface area contributed by atoms with Crippen molar-refractivity contribution in [2.75, 3.05) is 7.11 Å². The summed E-state index contributed by atoms with van der Waals surface area (Å²) in [7, 11) is 1.56. The fourth-order valence-electron chi connectivity index (χ4n) is 1.46. The topological polar surface area (TPSA) is 21.6 Å². The average molecular weight is 256 g/mol. The van der Waals surface area contributed by atoms with Gasteiger partial charge in [-0.2, -0.15) is 0 Å². The van der Waals surface area contributed by atoms with Crippen molar-refractivity contribution < 1.29 is 4.84 Å². The first kappa shape index (κ1) is 12.5. The summed E-state index contributed by atoms with van der Waals surface area (Å²) >= 11 is 1.55. The van der Waals surface area contributed by atoms with Gasteiger partial charge in [0, 0.05) is 5.56 Å². The molecule has 2 aromatic carbocycles. The van der Waals surface area contributed by atoms with Crippen molar-refractivity contribution >= 4 is 21.8 Å². The lowest BCUT2D eigenvalue weighted by Gasteiger charge is -1.90. The van der Waals surface area contributed by atoms with E-state index in [4.69, 9.17) is 4.84 Å². The summed E-state index contributed by atoms with van der Waals surface area (Å²) in [5, 5.41) is 6.97. The van der Waals surface area contributed by atoms with Gasteiger partial charge in [0.25, 0.3) is 0 Å². The van der Waals surface area contributed by atoms with Gasteiger partial charge in [-0.1, -0.05) is 36.4 Å². The van der Waals surface area contributed by atoms with E-state index in [1.54, 1.807) is 18.5 Å². The Morgan fingerprint density at radius 3 is 2.22 bits per heavy atom. The van der Waals surface area contributed by atoms with E-state index in [-0.39, 0.29) is 0 Å². The number of rotatable bonds is 3. The van der Waals surface area contributed by atoms with Crippen LogP contribution in [0.1, 0.15) is 11.1 Å². The second-order valence-corrected chi connectivity index (χ2v) is 4.45. The molecule has 2 nitrogen and oxygen atoms in total. The highest BCUT2D eigenvalue weighted by Crippen LogP contribution is 2.02. The Balaban J connectivity index is 2.23. The van der Waals surface area contributed by atoms with Gasteiger partial charge in [-0.3, -0.25) is 0 Å². The molecule has 0 aliphatic rings. The largest absolute Gasteiger partial charge is 0.395 e. The molecule has 0 spiro atoms. The molecular weight excluding hydrogens is 242 g/mol. The summed E-state index contributed by atoms with van der Waals surface area (Å²) in [6.45, 7) is 0. The zero-order chi connectivity index (χ0) is 12.6. The number of nitrogens with zero attached hydrogens (tertiary/aromatic N) is 1. The van der Waals surface area contributed by atoms with Crippen molar-refractivity contribution in [2.45, 2.75) is 0 Å². The van der Waals surface area contributed by atoms with Gasteiger partial charge >= 0.3 is 5.04 Å². The molecule has 90 valence electrons. The Morgan fingerprint density at radius 1 is 1.00 bits per heavy atom. The highest BCUT2D eigenvalue weighted by molar-refractivity contribution is 7.94. The third kappa shape index (κ3) is 3.50. The molecule has 0 saturated heterocycles. The SMILES string of the molecule is CO/N=C(\[S+]=Cc1ccccc1)c1ccccc1. The van der Waals surface area contributed by atoms with Crippen LogP contribution in [0.25, 0.3) is 0 Å². The standard InChI is InChI=1S/C15H14NOS/c1-17-16-15(14-10-6-3-7-11-14)18-12-13-8-4-2-5-9-13/h2-12H,1H3/q+1/b16-15-. The zero-order valence-electron chi connectivity index (χ0n) is 10.1. The van der Waals surface area contributed by atoms with Gasteiger partial charge in [-0.05, 0) is 29.4 Å². The molecule has 0 radical (unpaired) electrons. The van der Waals surface area contributed by atoms with Gasteiger partial charge in [0.1, 0.15) is 7.11 Å². The first-order chi connectivity index (χ1) is 8.90. The van der Waals surface area contributed by atoms with Crippen molar-refractivity contribution in [3.05, 3.63) is 71.8 Å². The molecule has 0 N–H and O–H groups in total. The maximum Gasteiger partial charge on any atom is 0.362 e. The Kier molecular flexibility index (Phi) is 4.61. The summed E-state index contributed by atoms with van der Waals surface area (Å²) in [4.78, 5) is 4.89. The molecule has 18 heavy (non-hydrogen) atoms. The highest BCUT2D eigenvalue weighted by atomic mass is 32.1. The molecule has 0 atom stereocenters. The minimum Gasteiger partial charge on any atom is -0.395 e. The van der Waals surface area contributed by atoms with E-state index >= 15 is 0 Å². The first-order valence-corrected chi connectivity index (χ1v) is 6.49. The molecule has 3 heteroatoms.